The van der Waals surface area contributed by atoms with Crippen molar-refractivity contribution in [3.8, 4) is 22.6 Å². The summed E-state index contributed by atoms with van der Waals surface area (Å²) in [5.74, 6) is 0.624. The fraction of sp³-hybridized carbons (Fsp3) is 0.0625. The molecule has 8 aromatic carbocycles. The van der Waals surface area contributed by atoms with Crippen LogP contribution in [0.1, 0.15) is 25.0 Å². The minimum atomic E-state index is -0.131. The lowest BCUT2D eigenvalue weighted by molar-refractivity contribution is 0.623. The van der Waals surface area contributed by atoms with Crippen molar-refractivity contribution < 1.29 is 4.42 Å². The second-order valence-corrected chi connectivity index (χ2v) is 13.6. The number of benzene rings is 8. The SMILES string of the molecule is CC(C)(c1ccccc1)c1ccc(N(c2ccccc2)c2ccc3c(-c4ccccc4)cc4ccc5nc(-c6ccccc6)oc5c4c3c2)cc1. The van der Waals surface area contributed by atoms with Gasteiger partial charge >= 0.3 is 0 Å². The summed E-state index contributed by atoms with van der Waals surface area (Å²) in [4.78, 5) is 7.29. The summed E-state index contributed by atoms with van der Waals surface area (Å²) in [6.07, 6.45) is 0. The highest BCUT2D eigenvalue weighted by atomic mass is 16.3. The van der Waals surface area contributed by atoms with Gasteiger partial charge in [-0.1, -0.05) is 135 Å². The molecule has 9 aromatic rings. The van der Waals surface area contributed by atoms with E-state index in [4.69, 9.17) is 9.40 Å². The minimum absolute atomic E-state index is 0.131. The first kappa shape index (κ1) is 30.6. The van der Waals surface area contributed by atoms with Crippen LogP contribution in [-0.4, -0.2) is 4.98 Å². The van der Waals surface area contributed by atoms with Gasteiger partial charge in [-0.25, -0.2) is 4.98 Å². The zero-order valence-electron chi connectivity index (χ0n) is 28.6. The summed E-state index contributed by atoms with van der Waals surface area (Å²) >= 11 is 0. The highest BCUT2D eigenvalue weighted by Gasteiger charge is 2.24. The highest BCUT2D eigenvalue weighted by Crippen LogP contribution is 2.44. The third-order valence-corrected chi connectivity index (χ3v) is 10.2. The van der Waals surface area contributed by atoms with E-state index < -0.39 is 0 Å². The lowest BCUT2D eigenvalue weighted by Crippen LogP contribution is -2.19. The average molecular weight is 657 g/mol. The van der Waals surface area contributed by atoms with E-state index in [2.05, 4.69) is 170 Å². The predicted octanol–water partition coefficient (Wildman–Crippen LogP) is 13.3. The second-order valence-electron chi connectivity index (χ2n) is 13.6. The molecule has 0 unspecified atom stereocenters. The molecule has 0 fully saturated rings. The summed E-state index contributed by atoms with van der Waals surface area (Å²) in [5, 5.41) is 4.45. The largest absolute Gasteiger partial charge is 0.435 e. The molecule has 0 aliphatic carbocycles. The first-order valence-electron chi connectivity index (χ1n) is 17.5. The van der Waals surface area contributed by atoms with Crippen LogP contribution < -0.4 is 4.90 Å². The Morgan fingerprint density at radius 2 is 1.06 bits per heavy atom. The van der Waals surface area contributed by atoms with E-state index in [0.29, 0.717) is 5.89 Å². The Bertz CT molecular complexity index is 2630. The van der Waals surface area contributed by atoms with E-state index in [1.54, 1.807) is 0 Å². The molecule has 3 nitrogen and oxygen atoms in total. The smallest absolute Gasteiger partial charge is 0.227 e. The maximum Gasteiger partial charge on any atom is 0.227 e. The van der Waals surface area contributed by atoms with Crippen molar-refractivity contribution in [1.82, 2.24) is 4.98 Å². The zero-order valence-corrected chi connectivity index (χ0v) is 28.6. The molecule has 9 rings (SSSR count). The molecule has 51 heavy (non-hydrogen) atoms. The standard InChI is InChI=1S/C48H36N2O/c1-48(2,36-19-11-5-12-20-36)37-24-26-39(27-25-37)50(38-21-13-6-14-22-38)40-28-29-41-42(33-15-7-3-8-16-33)31-35-23-30-44-46(45(35)43(41)32-40)51-47(49-44)34-17-9-4-10-18-34/h3-32H,1-2H3. The lowest BCUT2D eigenvalue weighted by Gasteiger charge is -2.29. The predicted molar refractivity (Wildman–Crippen MR) is 213 cm³/mol. The molecule has 244 valence electrons. The number of para-hydroxylation sites is 1. The number of anilines is 3. The number of nitrogens with zero attached hydrogens (tertiary/aromatic N) is 2. The van der Waals surface area contributed by atoms with Crippen LogP contribution in [0.2, 0.25) is 0 Å². The third-order valence-electron chi connectivity index (χ3n) is 10.2. The number of rotatable bonds is 7. The van der Waals surface area contributed by atoms with E-state index in [1.807, 2.05) is 30.3 Å². The van der Waals surface area contributed by atoms with Gasteiger partial charge < -0.3 is 9.32 Å². The quantitative estimate of drug-likeness (QED) is 0.160. The Kier molecular flexibility index (Phi) is 7.48. The number of fused-ring (bicyclic) bond motifs is 5. The van der Waals surface area contributed by atoms with Gasteiger partial charge in [0.05, 0.1) is 0 Å². The second kappa shape index (κ2) is 12.5. The number of aromatic nitrogens is 1. The molecule has 1 heterocycles. The van der Waals surface area contributed by atoms with Crippen LogP contribution in [-0.2, 0) is 5.41 Å². The molecule has 0 radical (unpaired) electrons. The molecule has 0 bridgehead atoms. The molecule has 0 saturated heterocycles. The fourth-order valence-corrected chi connectivity index (χ4v) is 7.39. The van der Waals surface area contributed by atoms with Crippen molar-refractivity contribution in [2.75, 3.05) is 4.90 Å². The van der Waals surface area contributed by atoms with E-state index >= 15 is 0 Å². The van der Waals surface area contributed by atoms with Crippen LogP contribution in [0.4, 0.5) is 17.1 Å². The van der Waals surface area contributed by atoms with E-state index in [9.17, 15) is 0 Å². The molecule has 1 aromatic heterocycles. The molecule has 0 saturated carbocycles. The van der Waals surface area contributed by atoms with Crippen molar-refractivity contribution in [1.29, 1.82) is 0 Å². The van der Waals surface area contributed by atoms with Crippen LogP contribution in [0.15, 0.2) is 186 Å². The van der Waals surface area contributed by atoms with Gasteiger partial charge in [0, 0.05) is 33.4 Å². The monoisotopic (exact) mass is 656 g/mol. The fourth-order valence-electron chi connectivity index (χ4n) is 7.39. The summed E-state index contributed by atoms with van der Waals surface area (Å²) in [7, 11) is 0. The summed E-state index contributed by atoms with van der Waals surface area (Å²) in [5.41, 5.74) is 10.6. The normalized spacial score (nSPS) is 11.7. The Morgan fingerprint density at radius 1 is 0.490 bits per heavy atom. The molecule has 3 heteroatoms. The Balaban J connectivity index is 1.26. The van der Waals surface area contributed by atoms with Crippen LogP contribution in [0.25, 0.3) is 55.2 Å². The molecular weight excluding hydrogens is 621 g/mol. The third kappa shape index (κ3) is 5.44. The average Bonchev–Trinajstić information content (AvgIpc) is 3.64. The van der Waals surface area contributed by atoms with Crippen LogP contribution in [0.5, 0.6) is 0 Å². The van der Waals surface area contributed by atoms with Crippen molar-refractivity contribution in [3.05, 3.63) is 193 Å². The van der Waals surface area contributed by atoms with Gasteiger partial charge in [0.1, 0.15) is 5.52 Å². The van der Waals surface area contributed by atoms with Crippen molar-refractivity contribution in [2.45, 2.75) is 19.3 Å². The van der Waals surface area contributed by atoms with E-state index in [1.165, 1.54) is 22.3 Å². The highest BCUT2D eigenvalue weighted by molar-refractivity contribution is 6.22. The number of hydrogen-bond donors (Lipinski definition) is 0. The van der Waals surface area contributed by atoms with E-state index in [-0.39, 0.29) is 5.41 Å². The van der Waals surface area contributed by atoms with Gasteiger partial charge in [-0.05, 0) is 99.1 Å². The minimum Gasteiger partial charge on any atom is -0.435 e. The molecule has 0 aliphatic heterocycles. The number of hydrogen-bond acceptors (Lipinski definition) is 3. The first-order chi connectivity index (χ1) is 25.0. The molecule has 0 spiro atoms. The van der Waals surface area contributed by atoms with Crippen molar-refractivity contribution >= 4 is 49.7 Å². The Hall–Kier alpha value is -6.45. The van der Waals surface area contributed by atoms with Gasteiger partial charge in [0.25, 0.3) is 0 Å². The topological polar surface area (TPSA) is 29.3 Å². The van der Waals surface area contributed by atoms with Crippen LogP contribution in [0.3, 0.4) is 0 Å². The summed E-state index contributed by atoms with van der Waals surface area (Å²) in [6, 6.07) is 64.5. The van der Waals surface area contributed by atoms with Gasteiger partial charge in [0.2, 0.25) is 5.89 Å². The Labute approximate surface area is 298 Å². The van der Waals surface area contributed by atoms with Crippen LogP contribution >= 0.6 is 0 Å². The maximum atomic E-state index is 6.65. The summed E-state index contributed by atoms with van der Waals surface area (Å²) in [6.45, 7) is 4.58. The lowest BCUT2D eigenvalue weighted by atomic mass is 9.78. The molecular formula is C48H36N2O. The van der Waals surface area contributed by atoms with E-state index in [0.717, 1.165) is 55.3 Å². The first-order valence-corrected chi connectivity index (χ1v) is 17.5. The van der Waals surface area contributed by atoms with Gasteiger partial charge in [0.15, 0.2) is 5.58 Å². The molecule has 0 amide bonds. The molecule has 0 N–H and O–H groups in total. The maximum absolute atomic E-state index is 6.65. The van der Waals surface area contributed by atoms with Crippen LogP contribution in [0, 0.1) is 0 Å². The van der Waals surface area contributed by atoms with Crippen molar-refractivity contribution in [3.63, 3.8) is 0 Å². The molecule has 0 aliphatic rings. The summed E-state index contributed by atoms with van der Waals surface area (Å²) < 4.78 is 6.65. The van der Waals surface area contributed by atoms with Gasteiger partial charge in [-0.2, -0.15) is 0 Å². The molecule has 0 atom stereocenters. The van der Waals surface area contributed by atoms with Crippen molar-refractivity contribution in [2.24, 2.45) is 0 Å². The van der Waals surface area contributed by atoms with Gasteiger partial charge in [-0.3, -0.25) is 0 Å². The zero-order chi connectivity index (χ0) is 34.4. The Morgan fingerprint density at radius 3 is 1.75 bits per heavy atom. The number of oxazole rings is 1. The van der Waals surface area contributed by atoms with Gasteiger partial charge in [-0.15, -0.1) is 0 Å².